The molecule has 1 heterocycles. The highest BCUT2D eigenvalue weighted by Crippen LogP contribution is 2.30. The van der Waals surface area contributed by atoms with E-state index in [1.165, 1.54) is 12.0 Å². The molecule has 1 aromatic rings. The van der Waals surface area contributed by atoms with Crippen LogP contribution >= 0.6 is 0 Å². The van der Waals surface area contributed by atoms with E-state index in [9.17, 15) is 4.39 Å². The zero-order chi connectivity index (χ0) is 13.1. The van der Waals surface area contributed by atoms with E-state index < -0.39 is 0 Å². The van der Waals surface area contributed by atoms with E-state index in [4.69, 9.17) is 5.73 Å². The van der Waals surface area contributed by atoms with E-state index in [0.717, 1.165) is 19.5 Å². The summed E-state index contributed by atoms with van der Waals surface area (Å²) in [7, 11) is 0. The summed E-state index contributed by atoms with van der Waals surface area (Å²) in [5.41, 5.74) is 7.20. The van der Waals surface area contributed by atoms with Gasteiger partial charge in [-0.05, 0) is 49.9 Å². The van der Waals surface area contributed by atoms with Crippen LogP contribution in [0.5, 0.6) is 0 Å². The number of benzene rings is 1. The van der Waals surface area contributed by atoms with Crippen LogP contribution in [0.25, 0.3) is 0 Å². The topological polar surface area (TPSA) is 29.3 Å². The highest BCUT2D eigenvalue weighted by Gasteiger charge is 2.29. The van der Waals surface area contributed by atoms with Crippen LogP contribution in [0.4, 0.5) is 4.39 Å². The Morgan fingerprint density at radius 1 is 1.39 bits per heavy atom. The van der Waals surface area contributed by atoms with Gasteiger partial charge in [-0.2, -0.15) is 0 Å². The van der Waals surface area contributed by atoms with Crippen molar-refractivity contribution in [3.8, 4) is 0 Å². The number of hydrogen-bond acceptors (Lipinski definition) is 2. The first kappa shape index (κ1) is 13.5. The van der Waals surface area contributed by atoms with Crippen LogP contribution in [-0.2, 0) is 0 Å². The molecule has 0 spiro atoms. The molecule has 1 aliphatic heterocycles. The van der Waals surface area contributed by atoms with Gasteiger partial charge < -0.3 is 5.73 Å². The van der Waals surface area contributed by atoms with Crippen LogP contribution in [0.15, 0.2) is 24.3 Å². The Bertz CT molecular complexity index is 375. The molecule has 0 bridgehead atoms. The molecule has 1 aromatic carbocycles. The fourth-order valence-corrected chi connectivity index (χ4v) is 2.92. The largest absolute Gasteiger partial charge is 0.328 e. The van der Waals surface area contributed by atoms with Crippen molar-refractivity contribution in [3.05, 3.63) is 35.6 Å². The number of nitrogens with zero attached hydrogens (tertiary/aromatic N) is 1. The van der Waals surface area contributed by atoms with Crippen molar-refractivity contribution in [1.82, 2.24) is 4.90 Å². The minimum absolute atomic E-state index is 0.163. The van der Waals surface area contributed by atoms with Crippen LogP contribution in [0.3, 0.4) is 0 Å². The van der Waals surface area contributed by atoms with E-state index >= 15 is 0 Å². The normalized spacial score (nSPS) is 24.1. The van der Waals surface area contributed by atoms with Crippen molar-refractivity contribution >= 4 is 0 Å². The van der Waals surface area contributed by atoms with Crippen molar-refractivity contribution in [1.29, 1.82) is 0 Å². The second-order valence-corrected chi connectivity index (χ2v) is 5.38. The predicted molar refractivity (Wildman–Crippen MR) is 72.8 cm³/mol. The molecule has 2 nitrogen and oxygen atoms in total. The number of nitrogens with two attached hydrogens (primary N) is 1. The van der Waals surface area contributed by atoms with E-state index in [1.807, 2.05) is 12.1 Å². The average Bonchev–Trinajstić information content (AvgIpc) is 2.82. The van der Waals surface area contributed by atoms with Crippen molar-refractivity contribution in [2.75, 3.05) is 13.1 Å². The Morgan fingerprint density at radius 2 is 2.06 bits per heavy atom. The Labute approximate surface area is 109 Å². The maximum atomic E-state index is 13.0. The number of halogens is 1. The lowest BCUT2D eigenvalue weighted by atomic mass is 10.0. The number of likely N-dealkylation sites (tertiary alicyclic amines) is 1. The Kier molecular flexibility index (Phi) is 4.36. The maximum Gasteiger partial charge on any atom is 0.123 e. The summed E-state index contributed by atoms with van der Waals surface area (Å²) in [4.78, 5) is 2.49. The molecule has 3 heteroatoms. The van der Waals surface area contributed by atoms with E-state index in [1.54, 1.807) is 12.1 Å². The lowest BCUT2D eigenvalue weighted by molar-refractivity contribution is 0.226. The molecular weight excluding hydrogens is 227 g/mol. The number of rotatable bonds is 4. The maximum absolute atomic E-state index is 13.0. The average molecular weight is 250 g/mol. The molecule has 0 amide bonds. The lowest BCUT2D eigenvalue weighted by Gasteiger charge is -2.28. The molecule has 3 unspecified atom stereocenters. The standard InChI is InChI=1S/C15H23FN2/c1-3-15(12-4-6-14(16)7-5-12)18-9-8-13(10-18)11(2)17/h4-7,11,13,15H,3,8-10,17H2,1-2H3. The first-order valence-electron chi connectivity index (χ1n) is 6.87. The van der Waals surface area contributed by atoms with Crippen molar-refractivity contribution in [2.24, 2.45) is 11.7 Å². The summed E-state index contributed by atoms with van der Waals surface area (Å²) in [5, 5.41) is 0. The minimum Gasteiger partial charge on any atom is -0.328 e. The third kappa shape index (κ3) is 2.90. The van der Waals surface area contributed by atoms with Gasteiger partial charge in [0.2, 0.25) is 0 Å². The molecule has 0 aromatic heterocycles. The predicted octanol–water partition coefficient (Wildman–Crippen LogP) is 2.95. The molecular formula is C15H23FN2. The van der Waals surface area contributed by atoms with Crippen molar-refractivity contribution < 1.29 is 4.39 Å². The fourth-order valence-electron chi connectivity index (χ4n) is 2.92. The zero-order valence-corrected chi connectivity index (χ0v) is 11.3. The van der Waals surface area contributed by atoms with E-state index in [-0.39, 0.29) is 11.9 Å². The van der Waals surface area contributed by atoms with Gasteiger partial charge in [-0.1, -0.05) is 19.1 Å². The molecule has 0 saturated carbocycles. The van der Waals surface area contributed by atoms with E-state index in [0.29, 0.717) is 12.0 Å². The van der Waals surface area contributed by atoms with E-state index in [2.05, 4.69) is 18.7 Å². The molecule has 0 aliphatic carbocycles. The Balaban J connectivity index is 2.08. The zero-order valence-electron chi connectivity index (χ0n) is 11.3. The second kappa shape index (κ2) is 5.81. The van der Waals surface area contributed by atoms with Crippen LogP contribution in [0.2, 0.25) is 0 Å². The summed E-state index contributed by atoms with van der Waals surface area (Å²) >= 11 is 0. The first-order chi connectivity index (χ1) is 8.61. The highest BCUT2D eigenvalue weighted by atomic mass is 19.1. The van der Waals surface area contributed by atoms with Crippen LogP contribution < -0.4 is 5.73 Å². The van der Waals surface area contributed by atoms with Gasteiger partial charge in [-0.3, -0.25) is 4.90 Å². The lowest BCUT2D eigenvalue weighted by Crippen LogP contribution is -2.31. The van der Waals surface area contributed by atoms with Gasteiger partial charge in [0.15, 0.2) is 0 Å². The minimum atomic E-state index is -0.163. The first-order valence-corrected chi connectivity index (χ1v) is 6.87. The van der Waals surface area contributed by atoms with Gasteiger partial charge in [0.05, 0.1) is 0 Å². The molecule has 3 atom stereocenters. The van der Waals surface area contributed by atoms with Gasteiger partial charge in [-0.15, -0.1) is 0 Å². The quantitative estimate of drug-likeness (QED) is 0.890. The molecule has 0 radical (unpaired) electrons. The smallest absolute Gasteiger partial charge is 0.123 e. The summed E-state index contributed by atoms with van der Waals surface area (Å²) in [6.45, 7) is 6.44. The third-order valence-electron chi connectivity index (χ3n) is 4.08. The molecule has 2 rings (SSSR count). The molecule has 2 N–H and O–H groups in total. The van der Waals surface area contributed by atoms with Crippen molar-refractivity contribution in [2.45, 2.75) is 38.8 Å². The van der Waals surface area contributed by atoms with Gasteiger partial charge >= 0.3 is 0 Å². The summed E-state index contributed by atoms with van der Waals surface area (Å²) in [5.74, 6) is 0.433. The van der Waals surface area contributed by atoms with Gasteiger partial charge in [0.1, 0.15) is 5.82 Å². The van der Waals surface area contributed by atoms with Crippen LogP contribution in [-0.4, -0.2) is 24.0 Å². The highest BCUT2D eigenvalue weighted by molar-refractivity contribution is 5.20. The Hall–Kier alpha value is -0.930. The van der Waals surface area contributed by atoms with Crippen LogP contribution in [0, 0.1) is 11.7 Å². The number of hydrogen-bond donors (Lipinski definition) is 1. The monoisotopic (exact) mass is 250 g/mol. The Morgan fingerprint density at radius 3 is 2.56 bits per heavy atom. The second-order valence-electron chi connectivity index (χ2n) is 5.38. The summed E-state index contributed by atoms with van der Waals surface area (Å²) in [6, 6.07) is 7.58. The van der Waals surface area contributed by atoms with Crippen LogP contribution in [0.1, 0.15) is 38.3 Å². The molecule has 1 aliphatic rings. The molecule has 18 heavy (non-hydrogen) atoms. The van der Waals surface area contributed by atoms with Gasteiger partial charge in [0, 0.05) is 18.6 Å². The van der Waals surface area contributed by atoms with Gasteiger partial charge in [0.25, 0.3) is 0 Å². The third-order valence-corrected chi connectivity index (χ3v) is 4.08. The van der Waals surface area contributed by atoms with Gasteiger partial charge in [-0.25, -0.2) is 4.39 Å². The molecule has 1 saturated heterocycles. The molecule has 1 fully saturated rings. The fraction of sp³-hybridized carbons (Fsp3) is 0.600. The molecule has 100 valence electrons. The van der Waals surface area contributed by atoms with Crippen molar-refractivity contribution in [3.63, 3.8) is 0 Å². The summed E-state index contributed by atoms with van der Waals surface area (Å²) < 4.78 is 13.0. The SMILES string of the molecule is CCC(c1ccc(F)cc1)N1CCC(C(C)N)C1. The summed E-state index contributed by atoms with van der Waals surface area (Å²) in [6.07, 6.45) is 2.23.